The van der Waals surface area contributed by atoms with E-state index in [-0.39, 0.29) is 11.8 Å². The molecule has 1 aliphatic rings. The van der Waals surface area contributed by atoms with Crippen LogP contribution in [-0.4, -0.2) is 37.3 Å². The van der Waals surface area contributed by atoms with E-state index in [4.69, 9.17) is 15.4 Å². The van der Waals surface area contributed by atoms with E-state index in [1.807, 2.05) is 36.4 Å². The number of rotatable bonds is 10. The Hall–Kier alpha value is -2.42. The molecule has 0 aromatic heterocycles. The summed E-state index contributed by atoms with van der Waals surface area (Å²) in [5.74, 6) is -0.598. The maximum absolute atomic E-state index is 13.1. The monoisotopic (exact) mass is 411 g/mol. The van der Waals surface area contributed by atoms with Gasteiger partial charge in [-0.05, 0) is 54.6 Å². The number of nitrogens with two attached hydrogens (primary N) is 1. The molecular weight excluding hydrogens is 381 g/mol. The fourth-order valence-corrected chi connectivity index (χ4v) is 4.11. The topological polar surface area (TPSA) is 114 Å². The number of hydrogen-bond acceptors (Lipinski definition) is 5. The molecule has 1 fully saturated rings. The molecule has 0 spiro atoms. The van der Waals surface area contributed by atoms with Gasteiger partial charge in [0, 0.05) is 6.54 Å². The summed E-state index contributed by atoms with van der Waals surface area (Å²) >= 11 is 0. The Balaban J connectivity index is 1.67. The van der Waals surface area contributed by atoms with E-state index in [9.17, 15) is 9.59 Å². The summed E-state index contributed by atoms with van der Waals surface area (Å²) < 4.78 is 5.21. The van der Waals surface area contributed by atoms with Crippen LogP contribution in [0.2, 0.25) is 0 Å². The molecule has 0 aliphatic heterocycles. The average molecular weight is 411 g/mol. The lowest BCUT2D eigenvalue weighted by Crippen LogP contribution is -2.53. The lowest BCUT2D eigenvalue weighted by molar-refractivity contribution is -0.145. The van der Waals surface area contributed by atoms with Crippen molar-refractivity contribution in [2.75, 3.05) is 6.54 Å². The molecular formula is C22H30BN3O4. The molecule has 1 atom stereocenters. The summed E-state index contributed by atoms with van der Waals surface area (Å²) in [6, 6.07) is 14.1. The molecule has 30 heavy (non-hydrogen) atoms. The molecule has 2 aromatic carbocycles. The van der Waals surface area contributed by atoms with E-state index in [0.717, 1.165) is 29.2 Å². The second-order valence-corrected chi connectivity index (χ2v) is 7.84. The van der Waals surface area contributed by atoms with Crippen molar-refractivity contribution in [2.45, 2.75) is 51.3 Å². The zero-order chi connectivity index (χ0) is 21.4. The zero-order valence-corrected chi connectivity index (χ0v) is 17.2. The number of amides is 2. The van der Waals surface area contributed by atoms with Crippen LogP contribution in [0, 0.1) is 5.41 Å². The Morgan fingerprint density at radius 1 is 1.13 bits per heavy atom. The van der Waals surface area contributed by atoms with Crippen molar-refractivity contribution in [1.82, 2.24) is 10.6 Å². The van der Waals surface area contributed by atoms with Crippen molar-refractivity contribution in [3.63, 3.8) is 0 Å². The Kier molecular flexibility index (Phi) is 7.84. The first kappa shape index (κ1) is 22.3. The first-order chi connectivity index (χ1) is 14.6. The van der Waals surface area contributed by atoms with Crippen molar-refractivity contribution in [2.24, 2.45) is 11.1 Å². The molecule has 0 radical (unpaired) electrons. The van der Waals surface area contributed by atoms with E-state index in [0.29, 0.717) is 38.8 Å². The maximum Gasteiger partial charge on any atom is 0.436 e. The standard InChI is InChI=1S/C22H30BN3O4/c24-13-5-8-19(30-23-29)26-21(28)22(11-3-4-12-22)20(27)25-15-16-9-10-17-6-1-2-7-18(17)14-16/h1-2,6-7,9-10,14,19,23,29H,3-5,8,11-13,15,24H2,(H,25,27)(H,26,28)/t19-/m1/s1. The summed E-state index contributed by atoms with van der Waals surface area (Å²) in [5, 5.41) is 17.1. The molecule has 3 rings (SSSR count). The van der Waals surface area contributed by atoms with Crippen molar-refractivity contribution in [3.8, 4) is 0 Å². The lowest BCUT2D eigenvalue weighted by atomic mass is 9.83. The van der Waals surface area contributed by atoms with Gasteiger partial charge in [-0.1, -0.05) is 49.2 Å². The molecule has 5 N–H and O–H groups in total. The minimum atomic E-state index is -1.10. The molecule has 8 heteroatoms. The molecule has 0 bridgehead atoms. The van der Waals surface area contributed by atoms with Crippen LogP contribution in [0.5, 0.6) is 0 Å². The van der Waals surface area contributed by atoms with Crippen molar-refractivity contribution in [3.05, 3.63) is 48.0 Å². The van der Waals surface area contributed by atoms with Crippen LogP contribution in [0.4, 0.5) is 0 Å². The van der Waals surface area contributed by atoms with Gasteiger partial charge in [-0.15, -0.1) is 0 Å². The van der Waals surface area contributed by atoms with E-state index in [1.165, 1.54) is 0 Å². The third-order valence-corrected chi connectivity index (χ3v) is 5.83. The highest BCUT2D eigenvalue weighted by molar-refractivity contribution is 6.16. The van der Waals surface area contributed by atoms with Crippen molar-refractivity contribution < 1.29 is 19.3 Å². The van der Waals surface area contributed by atoms with Gasteiger partial charge in [-0.3, -0.25) is 9.59 Å². The van der Waals surface area contributed by atoms with Gasteiger partial charge in [0.25, 0.3) is 0 Å². The third kappa shape index (κ3) is 5.19. The van der Waals surface area contributed by atoms with Crippen LogP contribution in [0.3, 0.4) is 0 Å². The van der Waals surface area contributed by atoms with Gasteiger partial charge in [0.15, 0.2) is 0 Å². The number of carbonyl (C=O) groups excluding carboxylic acids is 2. The first-order valence-corrected chi connectivity index (χ1v) is 10.6. The van der Waals surface area contributed by atoms with Crippen LogP contribution in [0.25, 0.3) is 10.8 Å². The second-order valence-electron chi connectivity index (χ2n) is 7.84. The Bertz CT molecular complexity index is 870. The smallest absolute Gasteiger partial charge is 0.430 e. The Labute approximate surface area is 177 Å². The van der Waals surface area contributed by atoms with Gasteiger partial charge >= 0.3 is 7.69 Å². The van der Waals surface area contributed by atoms with E-state index in [2.05, 4.69) is 16.7 Å². The molecule has 1 saturated carbocycles. The minimum Gasteiger partial charge on any atom is -0.430 e. The van der Waals surface area contributed by atoms with Crippen molar-refractivity contribution in [1.29, 1.82) is 0 Å². The van der Waals surface area contributed by atoms with Crippen LogP contribution in [-0.2, 0) is 20.8 Å². The number of fused-ring (bicyclic) bond motifs is 1. The molecule has 0 unspecified atom stereocenters. The second kappa shape index (κ2) is 10.6. The number of benzene rings is 2. The predicted molar refractivity (Wildman–Crippen MR) is 117 cm³/mol. The molecule has 160 valence electrons. The van der Waals surface area contributed by atoms with Crippen LogP contribution < -0.4 is 16.4 Å². The number of nitrogens with one attached hydrogen (secondary N) is 2. The highest BCUT2D eigenvalue weighted by Gasteiger charge is 2.48. The molecule has 1 aliphatic carbocycles. The molecule has 0 saturated heterocycles. The van der Waals surface area contributed by atoms with E-state index < -0.39 is 19.3 Å². The van der Waals surface area contributed by atoms with Gasteiger partial charge < -0.3 is 26.0 Å². The van der Waals surface area contributed by atoms with Crippen LogP contribution in [0.1, 0.15) is 44.1 Å². The molecule has 2 amide bonds. The molecule has 7 nitrogen and oxygen atoms in total. The molecule has 0 heterocycles. The summed E-state index contributed by atoms with van der Waals surface area (Å²) in [6.45, 7) is 0.820. The summed E-state index contributed by atoms with van der Waals surface area (Å²) in [5.41, 5.74) is 5.42. The third-order valence-electron chi connectivity index (χ3n) is 5.83. The first-order valence-electron chi connectivity index (χ1n) is 10.6. The maximum atomic E-state index is 13.1. The van der Waals surface area contributed by atoms with Gasteiger partial charge in [0.05, 0.1) is 0 Å². The Morgan fingerprint density at radius 3 is 2.57 bits per heavy atom. The fourth-order valence-electron chi connectivity index (χ4n) is 4.11. The molecule has 2 aromatic rings. The van der Waals surface area contributed by atoms with Crippen molar-refractivity contribution >= 4 is 30.3 Å². The normalized spacial score (nSPS) is 16.2. The fraction of sp³-hybridized carbons (Fsp3) is 0.455. The SMILES string of the molecule is NCCC[C@H](NC(=O)C1(C(=O)NCc2ccc3ccccc3c2)CCCC1)OBO. The van der Waals surface area contributed by atoms with Gasteiger partial charge in [0.1, 0.15) is 11.6 Å². The lowest BCUT2D eigenvalue weighted by Gasteiger charge is -2.29. The quantitative estimate of drug-likeness (QED) is 0.269. The highest BCUT2D eigenvalue weighted by atomic mass is 16.5. The number of hydrogen-bond donors (Lipinski definition) is 4. The van der Waals surface area contributed by atoms with Gasteiger partial charge in [-0.25, -0.2) is 0 Å². The van der Waals surface area contributed by atoms with Crippen LogP contribution >= 0.6 is 0 Å². The zero-order valence-electron chi connectivity index (χ0n) is 17.2. The van der Waals surface area contributed by atoms with E-state index >= 15 is 0 Å². The van der Waals surface area contributed by atoms with Gasteiger partial charge in [-0.2, -0.15) is 0 Å². The van der Waals surface area contributed by atoms with Gasteiger partial charge in [0.2, 0.25) is 11.8 Å². The van der Waals surface area contributed by atoms with E-state index in [1.54, 1.807) is 0 Å². The predicted octanol–water partition coefficient (Wildman–Crippen LogP) is 1.47. The average Bonchev–Trinajstić information content (AvgIpc) is 3.27. The summed E-state index contributed by atoms with van der Waals surface area (Å²) in [4.78, 5) is 26.2. The number of carbonyl (C=O) groups is 2. The summed E-state index contributed by atoms with van der Waals surface area (Å²) in [6.07, 6.45) is 3.13. The summed E-state index contributed by atoms with van der Waals surface area (Å²) in [7, 11) is -0.503. The largest absolute Gasteiger partial charge is 0.436 e. The van der Waals surface area contributed by atoms with Crippen LogP contribution in [0.15, 0.2) is 42.5 Å². The Morgan fingerprint density at radius 2 is 1.87 bits per heavy atom. The minimum absolute atomic E-state index is 0.257. The highest BCUT2D eigenvalue weighted by Crippen LogP contribution is 2.39.